The zero-order valence-electron chi connectivity index (χ0n) is 16.6. The Morgan fingerprint density at radius 1 is 1.00 bits per heavy atom. The van der Waals surface area contributed by atoms with Crippen molar-refractivity contribution in [3.8, 4) is 5.69 Å². The third-order valence-corrected chi connectivity index (χ3v) is 6.32. The normalized spacial score (nSPS) is 17.2. The fraction of sp³-hybridized carbons (Fsp3) is 0.333. The average Bonchev–Trinajstić information content (AvgIpc) is 3.17. The van der Waals surface area contributed by atoms with Crippen molar-refractivity contribution in [1.82, 2.24) is 14.5 Å². The van der Waals surface area contributed by atoms with Gasteiger partial charge in [0.1, 0.15) is 0 Å². The number of anilines is 1. The fourth-order valence-corrected chi connectivity index (χ4v) is 4.34. The molecule has 0 unspecified atom stereocenters. The highest BCUT2D eigenvalue weighted by atomic mass is 16.1. The van der Waals surface area contributed by atoms with Crippen LogP contribution >= 0.6 is 0 Å². The molecule has 1 aromatic heterocycles. The van der Waals surface area contributed by atoms with E-state index in [1.807, 2.05) is 41.1 Å². The van der Waals surface area contributed by atoms with Crippen LogP contribution in [0.3, 0.4) is 0 Å². The zero-order chi connectivity index (χ0) is 19.6. The van der Waals surface area contributed by atoms with Crippen LogP contribution in [0.25, 0.3) is 5.69 Å². The summed E-state index contributed by atoms with van der Waals surface area (Å²) in [7, 11) is 0. The van der Waals surface area contributed by atoms with E-state index in [4.69, 9.17) is 0 Å². The second-order valence-corrected chi connectivity index (χ2v) is 8.08. The molecule has 2 aromatic carbocycles. The Bertz CT molecular complexity index is 990. The molecule has 1 fully saturated rings. The van der Waals surface area contributed by atoms with E-state index in [1.165, 1.54) is 30.4 Å². The van der Waals surface area contributed by atoms with Gasteiger partial charge in [-0.2, -0.15) is 0 Å². The van der Waals surface area contributed by atoms with E-state index in [-0.39, 0.29) is 5.91 Å². The summed E-state index contributed by atoms with van der Waals surface area (Å²) in [6.45, 7) is 2.29. The lowest BCUT2D eigenvalue weighted by Gasteiger charge is -2.36. The van der Waals surface area contributed by atoms with Gasteiger partial charge in [-0.15, -0.1) is 0 Å². The summed E-state index contributed by atoms with van der Waals surface area (Å²) in [5, 5.41) is 3.07. The van der Waals surface area contributed by atoms with Gasteiger partial charge in [-0.25, -0.2) is 4.98 Å². The van der Waals surface area contributed by atoms with Crippen molar-refractivity contribution in [1.29, 1.82) is 0 Å². The molecule has 1 amide bonds. The highest BCUT2D eigenvalue weighted by Gasteiger charge is 2.26. The van der Waals surface area contributed by atoms with Crippen LogP contribution in [0.4, 0.5) is 5.69 Å². The molecule has 3 aromatic rings. The van der Waals surface area contributed by atoms with Crippen LogP contribution in [0.5, 0.6) is 0 Å². The maximum atomic E-state index is 12.7. The molecule has 0 bridgehead atoms. The van der Waals surface area contributed by atoms with E-state index >= 15 is 0 Å². The number of nitrogens with zero attached hydrogens (tertiary/aromatic N) is 3. The number of aromatic nitrogens is 2. The third-order valence-electron chi connectivity index (χ3n) is 6.32. The van der Waals surface area contributed by atoms with Crippen LogP contribution in [-0.4, -0.2) is 39.5 Å². The van der Waals surface area contributed by atoms with Crippen LogP contribution in [0, 0.1) is 0 Å². The Morgan fingerprint density at radius 3 is 2.48 bits per heavy atom. The molecule has 1 aliphatic heterocycles. The molecule has 5 rings (SSSR count). The fourth-order valence-electron chi connectivity index (χ4n) is 4.34. The Balaban J connectivity index is 1.26. The van der Waals surface area contributed by atoms with E-state index < -0.39 is 0 Å². The second-order valence-electron chi connectivity index (χ2n) is 8.08. The minimum absolute atomic E-state index is 0.0770. The van der Waals surface area contributed by atoms with Gasteiger partial charge in [0, 0.05) is 48.5 Å². The quantitative estimate of drug-likeness (QED) is 0.735. The van der Waals surface area contributed by atoms with Crippen LogP contribution < -0.4 is 5.32 Å². The largest absolute Gasteiger partial charge is 0.322 e. The van der Waals surface area contributed by atoms with E-state index in [0.29, 0.717) is 5.56 Å². The number of hydrogen-bond donors (Lipinski definition) is 1. The minimum Gasteiger partial charge on any atom is -0.322 e. The van der Waals surface area contributed by atoms with E-state index in [0.717, 1.165) is 43.3 Å². The lowest BCUT2D eigenvalue weighted by atomic mass is 9.91. The first-order chi connectivity index (χ1) is 14.3. The summed E-state index contributed by atoms with van der Waals surface area (Å²) >= 11 is 0. The van der Waals surface area contributed by atoms with Gasteiger partial charge in [0.25, 0.3) is 5.91 Å². The molecule has 1 saturated carbocycles. The first-order valence-electron chi connectivity index (χ1n) is 10.5. The van der Waals surface area contributed by atoms with Crippen LogP contribution in [-0.2, 0) is 12.8 Å². The molecule has 5 heteroatoms. The highest BCUT2D eigenvalue weighted by molar-refractivity contribution is 6.04. The summed E-state index contributed by atoms with van der Waals surface area (Å²) in [6, 6.07) is 14.8. The molecule has 5 nitrogen and oxygen atoms in total. The zero-order valence-corrected chi connectivity index (χ0v) is 16.6. The lowest BCUT2D eigenvalue weighted by Crippen LogP contribution is -2.41. The monoisotopic (exact) mass is 386 g/mol. The number of imidazole rings is 1. The summed E-state index contributed by atoms with van der Waals surface area (Å²) < 4.78 is 1.92. The van der Waals surface area contributed by atoms with Crippen molar-refractivity contribution in [2.75, 3.05) is 18.4 Å². The lowest BCUT2D eigenvalue weighted by molar-refractivity contribution is 0.102. The molecule has 0 radical (unpaired) electrons. The van der Waals surface area contributed by atoms with E-state index in [1.54, 1.807) is 12.5 Å². The summed E-state index contributed by atoms with van der Waals surface area (Å²) in [4.78, 5) is 19.4. The molecule has 29 heavy (non-hydrogen) atoms. The van der Waals surface area contributed by atoms with Gasteiger partial charge in [0.05, 0.1) is 6.33 Å². The molecule has 1 N–H and O–H groups in total. The first-order valence-corrected chi connectivity index (χ1v) is 10.5. The number of nitrogens with one attached hydrogen (secondary N) is 1. The van der Waals surface area contributed by atoms with E-state index in [9.17, 15) is 4.79 Å². The number of fused-ring (bicyclic) bond motifs is 1. The average molecular weight is 386 g/mol. The molecule has 148 valence electrons. The molecule has 1 aliphatic carbocycles. The van der Waals surface area contributed by atoms with Gasteiger partial charge in [-0.05, 0) is 73.2 Å². The van der Waals surface area contributed by atoms with Crippen molar-refractivity contribution in [2.45, 2.75) is 38.1 Å². The molecule has 0 atom stereocenters. The molecule has 2 aliphatic rings. The van der Waals surface area contributed by atoms with Gasteiger partial charge in [-0.3, -0.25) is 9.69 Å². The number of benzene rings is 2. The van der Waals surface area contributed by atoms with Crippen molar-refractivity contribution in [2.24, 2.45) is 0 Å². The number of hydrogen-bond acceptors (Lipinski definition) is 3. The van der Waals surface area contributed by atoms with Gasteiger partial charge in [-0.1, -0.05) is 12.5 Å². The second kappa shape index (κ2) is 7.84. The standard InChI is InChI=1S/C24H26N4O/c29-24(19-5-8-23(9-6-19)28-15-12-25-17-28)26-21-7-4-18-10-13-27(22-2-1-3-22)14-11-20(18)16-21/h4-9,12,15-17,22H,1-3,10-11,13-14H2,(H,26,29). The third kappa shape index (κ3) is 3.83. The highest BCUT2D eigenvalue weighted by Crippen LogP contribution is 2.28. The summed E-state index contributed by atoms with van der Waals surface area (Å²) in [6.07, 6.45) is 11.6. The van der Waals surface area contributed by atoms with Crippen LogP contribution in [0.1, 0.15) is 40.7 Å². The Hall–Kier alpha value is -2.92. The molecular weight excluding hydrogens is 360 g/mol. The maximum absolute atomic E-state index is 12.7. The minimum atomic E-state index is -0.0770. The Labute approximate surface area is 171 Å². The molecule has 0 spiro atoms. The van der Waals surface area contributed by atoms with Crippen LogP contribution in [0.15, 0.2) is 61.2 Å². The van der Waals surface area contributed by atoms with Gasteiger partial charge in [0.15, 0.2) is 0 Å². The van der Waals surface area contributed by atoms with Gasteiger partial charge in [0.2, 0.25) is 0 Å². The predicted molar refractivity (Wildman–Crippen MR) is 115 cm³/mol. The Kier molecular flexibility index (Phi) is 4.90. The molecular formula is C24H26N4O. The number of carbonyl (C=O) groups is 1. The Morgan fingerprint density at radius 2 is 1.79 bits per heavy atom. The number of amides is 1. The topological polar surface area (TPSA) is 50.2 Å². The SMILES string of the molecule is O=C(Nc1ccc2c(c1)CCN(C1CCC1)CC2)c1ccc(-n2ccnc2)cc1. The van der Waals surface area contributed by atoms with Crippen molar-refractivity contribution in [3.05, 3.63) is 77.9 Å². The van der Waals surface area contributed by atoms with Crippen LogP contribution in [0.2, 0.25) is 0 Å². The molecule has 0 saturated heterocycles. The smallest absolute Gasteiger partial charge is 0.255 e. The summed E-state index contributed by atoms with van der Waals surface area (Å²) in [5.74, 6) is -0.0770. The van der Waals surface area contributed by atoms with E-state index in [2.05, 4.69) is 27.3 Å². The number of carbonyl (C=O) groups excluding carboxylic acids is 1. The summed E-state index contributed by atoms with van der Waals surface area (Å²) in [5.41, 5.74) is 5.32. The first kappa shape index (κ1) is 18.1. The van der Waals surface area contributed by atoms with Crippen molar-refractivity contribution >= 4 is 11.6 Å². The van der Waals surface area contributed by atoms with Gasteiger partial charge >= 0.3 is 0 Å². The number of rotatable bonds is 4. The van der Waals surface area contributed by atoms with Crippen molar-refractivity contribution in [3.63, 3.8) is 0 Å². The van der Waals surface area contributed by atoms with Gasteiger partial charge < -0.3 is 9.88 Å². The predicted octanol–water partition coefficient (Wildman–Crippen LogP) is 4.08. The maximum Gasteiger partial charge on any atom is 0.255 e. The molecule has 2 heterocycles. The van der Waals surface area contributed by atoms with Crippen molar-refractivity contribution < 1.29 is 4.79 Å².